The van der Waals surface area contributed by atoms with E-state index in [9.17, 15) is 9.59 Å². The summed E-state index contributed by atoms with van der Waals surface area (Å²) in [4.78, 5) is 25.0. The number of benzene rings is 1. The topological polar surface area (TPSA) is 70.7 Å². The van der Waals surface area contributed by atoms with Crippen LogP contribution in [0.1, 0.15) is 20.8 Å². The Labute approximate surface area is 125 Å². The average Bonchev–Trinajstić information content (AvgIpc) is 2.47. The van der Waals surface area contributed by atoms with Crippen LogP contribution in [0.5, 0.6) is 5.75 Å². The molecule has 0 saturated carbocycles. The number of ether oxygens (including phenoxy) is 1. The lowest BCUT2D eigenvalue weighted by Crippen LogP contribution is -2.34. The van der Waals surface area contributed by atoms with E-state index in [1.165, 1.54) is 0 Å². The molecule has 0 aromatic heterocycles. The van der Waals surface area contributed by atoms with E-state index in [0.717, 1.165) is 0 Å². The third kappa shape index (κ3) is 5.72. The van der Waals surface area contributed by atoms with E-state index < -0.39 is 0 Å². The van der Waals surface area contributed by atoms with Crippen LogP contribution in [0, 0.1) is 0 Å². The zero-order chi connectivity index (χ0) is 15.7. The van der Waals surface area contributed by atoms with E-state index in [2.05, 4.69) is 10.6 Å². The minimum atomic E-state index is -0.171. The van der Waals surface area contributed by atoms with Gasteiger partial charge in [0.2, 0.25) is 0 Å². The summed E-state index contributed by atoms with van der Waals surface area (Å²) in [5, 5.41) is 5.46. The average molecular weight is 293 g/mol. The van der Waals surface area contributed by atoms with Gasteiger partial charge in [-0.25, -0.2) is 4.79 Å². The lowest BCUT2D eigenvalue weighted by Gasteiger charge is -2.19. The molecule has 21 heavy (non-hydrogen) atoms. The Balaban J connectivity index is 2.59. The molecular formula is C15H23N3O3. The minimum absolute atomic E-state index is 0.0404. The molecule has 0 aliphatic rings. The van der Waals surface area contributed by atoms with Crippen LogP contribution in [0.3, 0.4) is 0 Å². The molecule has 0 heterocycles. The van der Waals surface area contributed by atoms with E-state index in [1.807, 2.05) is 20.8 Å². The number of nitrogens with one attached hydrogen (secondary N) is 2. The SMILES string of the molecule is CCNC(=O)COc1cccc(NC(=O)N(CC)CC)c1. The molecule has 6 heteroatoms. The van der Waals surface area contributed by atoms with Crippen LogP contribution in [0.2, 0.25) is 0 Å². The molecule has 0 bridgehead atoms. The smallest absolute Gasteiger partial charge is 0.321 e. The highest BCUT2D eigenvalue weighted by Crippen LogP contribution is 2.17. The summed E-state index contributed by atoms with van der Waals surface area (Å²) in [7, 11) is 0. The first-order valence-corrected chi connectivity index (χ1v) is 7.16. The Morgan fingerprint density at radius 1 is 1.19 bits per heavy atom. The number of hydrogen-bond donors (Lipinski definition) is 2. The van der Waals surface area contributed by atoms with Crippen molar-refractivity contribution in [1.82, 2.24) is 10.2 Å². The highest BCUT2D eigenvalue weighted by atomic mass is 16.5. The van der Waals surface area contributed by atoms with Crippen LogP contribution in [0.4, 0.5) is 10.5 Å². The molecular weight excluding hydrogens is 270 g/mol. The number of hydrogen-bond acceptors (Lipinski definition) is 3. The Morgan fingerprint density at radius 2 is 1.90 bits per heavy atom. The second-order valence-corrected chi connectivity index (χ2v) is 4.37. The first-order valence-electron chi connectivity index (χ1n) is 7.16. The Morgan fingerprint density at radius 3 is 2.52 bits per heavy atom. The van der Waals surface area contributed by atoms with Gasteiger partial charge in [-0.05, 0) is 32.9 Å². The molecule has 0 saturated heterocycles. The summed E-state index contributed by atoms with van der Waals surface area (Å²) in [6, 6.07) is 6.83. The summed E-state index contributed by atoms with van der Waals surface area (Å²) < 4.78 is 5.38. The van der Waals surface area contributed by atoms with Gasteiger partial charge in [-0.1, -0.05) is 6.07 Å². The molecule has 6 nitrogen and oxygen atoms in total. The fraction of sp³-hybridized carbons (Fsp3) is 0.467. The van der Waals surface area contributed by atoms with E-state index >= 15 is 0 Å². The summed E-state index contributed by atoms with van der Waals surface area (Å²) in [6.45, 7) is 7.53. The largest absolute Gasteiger partial charge is 0.484 e. The first kappa shape index (κ1) is 16.8. The molecule has 0 aliphatic heterocycles. The summed E-state index contributed by atoms with van der Waals surface area (Å²) >= 11 is 0. The zero-order valence-electron chi connectivity index (χ0n) is 12.8. The van der Waals surface area contributed by atoms with Crippen molar-refractivity contribution < 1.29 is 14.3 Å². The van der Waals surface area contributed by atoms with Crippen LogP contribution >= 0.6 is 0 Å². The van der Waals surface area contributed by atoms with Gasteiger partial charge in [-0.3, -0.25) is 4.79 Å². The Kier molecular flexibility index (Phi) is 7.08. The van der Waals surface area contributed by atoms with Gasteiger partial charge in [0, 0.05) is 31.4 Å². The van der Waals surface area contributed by atoms with Crippen LogP contribution in [-0.2, 0) is 4.79 Å². The molecule has 0 fully saturated rings. The molecule has 116 valence electrons. The molecule has 0 radical (unpaired) electrons. The standard InChI is InChI=1S/C15H23N3O3/c1-4-16-14(19)11-21-13-9-7-8-12(10-13)17-15(20)18(5-2)6-3/h7-10H,4-6,11H2,1-3H3,(H,16,19)(H,17,20). The molecule has 0 spiro atoms. The fourth-order valence-corrected chi connectivity index (χ4v) is 1.77. The minimum Gasteiger partial charge on any atom is -0.484 e. The lowest BCUT2D eigenvalue weighted by atomic mass is 10.3. The van der Waals surface area contributed by atoms with Gasteiger partial charge < -0.3 is 20.3 Å². The number of urea groups is 1. The maximum Gasteiger partial charge on any atom is 0.321 e. The van der Waals surface area contributed by atoms with Gasteiger partial charge in [0.05, 0.1) is 0 Å². The van der Waals surface area contributed by atoms with Gasteiger partial charge in [0.25, 0.3) is 5.91 Å². The van der Waals surface area contributed by atoms with Gasteiger partial charge in [-0.15, -0.1) is 0 Å². The molecule has 1 aromatic carbocycles. The third-order valence-electron chi connectivity index (χ3n) is 2.88. The van der Waals surface area contributed by atoms with Crippen molar-refractivity contribution in [2.24, 2.45) is 0 Å². The van der Waals surface area contributed by atoms with Crippen molar-refractivity contribution in [3.05, 3.63) is 24.3 Å². The predicted octanol–water partition coefficient (Wildman–Crippen LogP) is 2.08. The first-order chi connectivity index (χ1) is 10.1. The van der Waals surface area contributed by atoms with Gasteiger partial charge in [-0.2, -0.15) is 0 Å². The van der Waals surface area contributed by atoms with E-state index in [4.69, 9.17) is 4.74 Å². The van der Waals surface area contributed by atoms with Crippen molar-refractivity contribution in [1.29, 1.82) is 0 Å². The number of carbonyl (C=O) groups excluding carboxylic acids is 2. The molecule has 0 atom stereocenters. The Bertz CT molecular complexity index is 473. The van der Waals surface area contributed by atoms with Crippen molar-refractivity contribution >= 4 is 17.6 Å². The Hall–Kier alpha value is -2.24. The maximum absolute atomic E-state index is 11.9. The lowest BCUT2D eigenvalue weighted by molar-refractivity contribution is -0.122. The van der Waals surface area contributed by atoms with Crippen molar-refractivity contribution in [2.75, 3.05) is 31.6 Å². The number of anilines is 1. The predicted molar refractivity (Wildman–Crippen MR) is 82.6 cm³/mol. The number of rotatable bonds is 7. The van der Waals surface area contributed by atoms with Crippen LogP contribution < -0.4 is 15.4 Å². The van der Waals surface area contributed by atoms with Crippen LogP contribution in [0.15, 0.2) is 24.3 Å². The molecule has 0 aliphatic carbocycles. The number of amides is 3. The normalized spacial score (nSPS) is 9.86. The second kappa shape index (κ2) is 8.84. The number of likely N-dealkylation sites (N-methyl/N-ethyl adjacent to an activating group) is 1. The van der Waals surface area contributed by atoms with E-state index in [0.29, 0.717) is 31.1 Å². The highest BCUT2D eigenvalue weighted by Gasteiger charge is 2.09. The number of nitrogens with zero attached hydrogens (tertiary/aromatic N) is 1. The molecule has 0 unspecified atom stereocenters. The molecule has 1 rings (SSSR count). The van der Waals surface area contributed by atoms with Crippen molar-refractivity contribution in [2.45, 2.75) is 20.8 Å². The van der Waals surface area contributed by atoms with Crippen LogP contribution in [0.25, 0.3) is 0 Å². The van der Waals surface area contributed by atoms with Gasteiger partial charge in [0.1, 0.15) is 5.75 Å². The van der Waals surface area contributed by atoms with E-state index in [1.54, 1.807) is 29.2 Å². The molecule has 2 N–H and O–H groups in total. The fourth-order valence-electron chi connectivity index (χ4n) is 1.77. The second-order valence-electron chi connectivity index (χ2n) is 4.37. The summed E-state index contributed by atoms with van der Waals surface area (Å²) in [5.74, 6) is 0.369. The maximum atomic E-state index is 11.9. The van der Waals surface area contributed by atoms with Crippen LogP contribution in [-0.4, -0.2) is 43.1 Å². The van der Waals surface area contributed by atoms with Crippen molar-refractivity contribution in [3.63, 3.8) is 0 Å². The highest BCUT2D eigenvalue weighted by molar-refractivity contribution is 5.89. The van der Waals surface area contributed by atoms with Crippen molar-refractivity contribution in [3.8, 4) is 5.75 Å². The summed E-state index contributed by atoms with van der Waals surface area (Å²) in [6.07, 6.45) is 0. The van der Waals surface area contributed by atoms with Gasteiger partial charge >= 0.3 is 6.03 Å². The number of carbonyl (C=O) groups is 2. The third-order valence-corrected chi connectivity index (χ3v) is 2.88. The van der Waals surface area contributed by atoms with E-state index in [-0.39, 0.29) is 18.5 Å². The monoisotopic (exact) mass is 293 g/mol. The summed E-state index contributed by atoms with van der Waals surface area (Å²) in [5.41, 5.74) is 0.639. The molecule has 1 aromatic rings. The van der Waals surface area contributed by atoms with Gasteiger partial charge in [0.15, 0.2) is 6.61 Å². The quantitative estimate of drug-likeness (QED) is 0.808. The zero-order valence-corrected chi connectivity index (χ0v) is 12.8. The molecule has 3 amide bonds.